The number of phenols is 1. The zero-order valence-corrected chi connectivity index (χ0v) is 8.87. The number of benzene rings is 1. The first-order valence-corrected chi connectivity index (χ1v) is 5.12. The van der Waals surface area contributed by atoms with E-state index in [9.17, 15) is 19.1 Å². The Labute approximate surface area is 96.6 Å². The Morgan fingerprint density at radius 2 is 2.29 bits per heavy atom. The Morgan fingerprint density at radius 1 is 1.53 bits per heavy atom. The highest BCUT2D eigenvalue weighted by molar-refractivity contribution is 5.97. The molecule has 1 heterocycles. The molecule has 5 nitrogen and oxygen atoms in total. The van der Waals surface area contributed by atoms with Crippen LogP contribution < -0.4 is 10.6 Å². The van der Waals surface area contributed by atoms with Crippen LogP contribution in [0.5, 0.6) is 5.75 Å². The molecule has 0 aromatic heterocycles. The van der Waals surface area contributed by atoms with E-state index in [0.29, 0.717) is 6.54 Å². The molecule has 0 spiro atoms. The fourth-order valence-corrected chi connectivity index (χ4v) is 1.66. The minimum Gasteiger partial charge on any atom is -0.507 e. The molecule has 1 fully saturated rings. The van der Waals surface area contributed by atoms with E-state index in [2.05, 4.69) is 10.6 Å². The molecule has 1 unspecified atom stereocenters. The van der Waals surface area contributed by atoms with Crippen molar-refractivity contribution in [1.82, 2.24) is 10.6 Å². The maximum atomic E-state index is 12.9. The summed E-state index contributed by atoms with van der Waals surface area (Å²) >= 11 is 0. The van der Waals surface area contributed by atoms with Crippen molar-refractivity contribution in [2.75, 3.05) is 6.54 Å². The lowest BCUT2D eigenvalue weighted by molar-refractivity contribution is -0.119. The van der Waals surface area contributed by atoms with Gasteiger partial charge in [0.05, 0.1) is 11.6 Å². The van der Waals surface area contributed by atoms with Crippen LogP contribution >= 0.6 is 0 Å². The van der Waals surface area contributed by atoms with E-state index in [0.717, 1.165) is 18.2 Å². The Bertz CT molecular complexity index is 476. The predicted octanol–water partition coefficient (Wildman–Crippen LogP) is 0.150. The van der Waals surface area contributed by atoms with Crippen LogP contribution in [0.1, 0.15) is 16.8 Å². The normalized spacial score (nSPS) is 18.9. The third kappa shape index (κ3) is 2.52. The first kappa shape index (κ1) is 11.4. The van der Waals surface area contributed by atoms with Crippen molar-refractivity contribution >= 4 is 11.8 Å². The summed E-state index contributed by atoms with van der Waals surface area (Å²) in [7, 11) is 0. The molecule has 0 aliphatic carbocycles. The second-order valence-corrected chi connectivity index (χ2v) is 3.84. The van der Waals surface area contributed by atoms with Crippen molar-refractivity contribution in [1.29, 1.82) is 0 Å². The van der Waals surface area contributed by atoms with Crippen molar-refractivity contribution < 1.29 is 19.1 Å². The SMILES string of the molecule is O=C1CC(NC(=O)c2cc(F)ccc2O)CN1. The van der Waals surface area contributed by atoms with Gasteiger partial charge in [-0.25, -0.2) is 4.39 Å². The summed E-state index contributed by atoms with van der Waals surface area (Å²) in [6, 6.07) is 2.81. The zero-order valence-electron chi connectivity index (χ0n) is 8.87. The molecule has 1 aromatic rings. The molecule has 1 aliphatic heterocycles. The van der Waals surface area contributed by atoms with Crippen molar-refractivity contribution in [3.05, 3.63) is 29.6 Å². The number of amides is 2. The van der Waals surface area contributed by atoms with Gasteiger partial charge in [-0.1, -0.05) is 0 Å². The van der Waals surface area contributed by atoms with Crippen molar-refractivity contribution in [2.45, 2.75) is 12.5 Å². The van der Waals surface area contributed by atoms with Gasteiger partial charge in [-0.3, -0.25) is 9.59 Å². The molecule has 0 radical (unpaired) electrons. The largest absolute Gasteiger partial charge is 0.507 e. The number of aromatic hydroxyl groups is 1. The minimum atomic E-state index is -0.603. The van der Waals surface area contributed by atoms with E-state index in [4.69, 9.17) is 0 Å². The quantitative estimate of drug-likeness (QED) is 0.686. The molecule has 2 rings (SSSR count). The molecule has 0 saturated carbocycles. The molecule has 6 heteroatoms. The molecule has 2 amide bonds. The Morgan fingerprint density at radius 3 is 2.94 bits per heavy atom. The average molecular weight is 238 g/mol. The van der Waals surface area contributed by atoms with E-state index < -0.39 is 11.7 Å². The second kappa shape index (κ2) is 4.40. The first-order chi connectivity index (χ1) is 8.06. The number of halogens is 1. The average Bonchev–Trinajstić information content (AvgIpc) is 2.67. The van der Waals surface area contributed by atoms with Crippen LogP contribution in [0.15, 0.2) is 18.2 Å². The summed E-state index contributed by atoms with van der Waals surface area (Å²) in [5.74, 6) is -1.63. The summed E-state index contributed by atoms with van der Waals surface area (Å²) in [5.41, 5.74) is -0.135. The number of rotatable bonds is 2. The number of carbonyl (C=O) groups is 2. The van der Waals surface area contributed by atoms with Crippen LogP contribution in [0, 0.1) is 5.82 Å². The monoisotopic (exact) mass is 238 g/mol. The van der Waals surface area contributed by atoms with Gasteiger partial charge < -0.3 is 15.7 Å². The third-order valence-electron chi connectivity index (χ3n) is 2.52. The molecule has 17 heavy (non-hydrogen) atoms. The number of nitrogens with one attached hydrogen (secondary N) is 2. The molecule has 1 atom stereocenters. The van der Waals surface area contributed by atoms with E-state index in [-0.39, 0.29) is 29.7 Å². The van der Waals surface area contributed by atoms with Crippen LogP contribution in [-0.4, -0.2) is 29.5 Å². The van der Waals surface area contributed by atoms with Gasteiger partial charge >= 0.3 is 0 Å². The number of carbonyl (C=O) groups excluding carboxylic acids is 2. The highest BCUT2D eigenvalue weighted by Gasteiger charge is 2.24. The predicted molar refractivity (Wildman–Crippen MR) is 56.9 cm³/mol. The lowest BCUT2D eigenvalue weighted by Gasteiger charge is -2.11. The smallest absolute Gasteiger partial charge is 0.255 e. The van der Waals surface area contributed by atoms with Crippen molar-refractivity contribution in [2.24, 2.45) is 0 Å². The summed E-state index contributed by atoms with van der Waals surface area (Å²) in [4.78, 5) is 22.6. The lowest BCUT2D eigenvalue weighted by atomic mass is 10.1. The molecule has 1 saturated heterocycles. The molecular formula is C11H11FN2O3. The summed E-state index contributed by atoms with van der Waals surface area (Å²) < 4.78 is 12.9. The molecule has 1 aliphatic rings. The van der Waals surface area contributed by atoms with Gasteiger partial charge in [0, 0.05) is 13.0 Å². The topological polar surface area (TPSA) is 78.4 Å². The maximum Gasteiger partial charge on any atom is 0.255 e. The molecule has 0 bridgehead atoms. The number of phenolic OH excluding ortho intramolecular Hbond substituents is 1. The fourth-order valence-electron chi connectivity index (χ4n) is 1.66. The molecule has 90 valence electrons. The zero-order chi connectivity index (χ0) is 12.4. The van der Waals surface area contributed by atoms with E-state index in [1.165, 1.54) is 0 Å². The van der Waals surface area contributed by atoms with E-state index in [1.807, 2.05) is 0 Å². The first-order valence-electron chi connectivity index (χ1n) is 5.12. The highest BCUT2D eigenvalue weighted by Crippen LogP contribution is 2.18. The van der Waals surface area contributed by atoms with E-state index >= 15 is 0 Å². The van der Waals surface area contributed by atoms with Crippen molar-refractivity contribution in [3.63, 3.8) is 0 Å². The summed E-state index contributed by atoms with van der Waals surface area (Å²) in [5, 5.41) is 14.5. The lowest BCUT2D eigenvalue weighted by Crippen LogP contribution is -2.36. The molecule has 1 aromatic carbocycles. The van der Waals surface area contributed by atoms with Crippen LogP contribution in [0.3, 0.4) is 0 Å². The molecular weight excluding hydrogens is 227 g/mol. The van der Waals surface area contributed by atoms with Gasteiger partial charge in [0.25, 0.3) is 5.91 Å². The van der Waals surface area contributed by atoms with Crippen LogP contribution in [0.25, 0.3) is 0 Å². The standard InChI is InChI=1S/C11H11FN2O3/c12-6-1-2-9(15)8(3-6)11(17)14-7-4-10(16)13-5-7/h1-3,7,15H,4-5H2,(H,13,16)(H,14,17). The van der Waals surface area contributed by atoms with Gasteiger partial charge in [0.15, 0.2) is 0 Å². The van der Waals surface area contributed by atoms with Gasteiger partial charge in [-0.05, 0) is 18.2 Å². The number of hydrogen-bond acceptors (Lipinski definition) is 3. The highest BCUT2D eigenvalue weighted by atomic mass is 19.1. The van der Waals surface area contributed by atoms with Gasteiger partial charge in [0.2, 0.25) is 5.91 Å². The third-order valence-corrected chi connectivity index (χ3v) is 2.52. The van der Waals surface area contributed by atoms with Crippen LogP contribution in [-0.2, 0) is 4.79 Å². The Hall–Kier alpha value is -2.11. The van der Waals surface area contributed by atoms with Gasteiger partial charge in [-0.15, -0.1) is 0 Å². The number of hydrogen-bond donors (Lipinski definition) is 3. The second-order valence-electron chi connectivity index (χ2n) is 3.84. The van der Waals surface area contributed by atoms with Gasteiger partial charge in [-0.2, -0.15) is 0 Å². The van der Waals surface area contributed by atoms with Crippen LogP contribution in [0.2, 0.25) is 0 Å². The van der Waals surface area contributed by atoms with E-state index in [1.54, 1.807) is 0 Å². The van der Waals surface area contributed by atoms with Gasteiger partial charge in [0.1, 0.15) is 11.6 Å². The summed E-state index contributed by atoms with van der Waals surface area (Å²) in [6.07, 6.45) is 0.196. The maximum absolute atomic E-state index is 12.9. The van der Waals surface area contributed by atoms with Crippen LogP contribution in [0.4, 0.5) is 4.39 Å². The fraction of sp³-hybridized carbons (Fsp3) is 0.273. The molecule has 3 N–H and O–H groups in total. The minimum absolute atomic E-state index is 0.135. The Kier molecular flexibility index (Phi) is 2.95. The summed E-state index contributed by atoms with van der Waals surface area (Å²) in [6.45, 7) is 0.348. The van der Waals surface area contributed by atoms with Crippen molar-refractivity contribution in [3.8, 4) is 5.75 Å². The Balaban J connectivity index is 2.09.